The summed E-state index contributed by atoms with van der Waals surface area (Å²) in [7, 11) is -7.93. The lowest BCUT2D eigenvalue weighted by Crippen LogP contribution is -2.15. The Morgan fingerprint density at radius 1 is 1.05 bits per heavy atom. The molecular weight excluding hydrogens is 528 g/mol. The fraction of sp³-hybridized carbons (Fsp3) is 0.280. The van der Waals surface area contributed by atoms with Gasteiger partial charge in [-0.15, -0.1) is 10.2 Å². The van der Waals surface area contributed by atoms with Crippen molar-refractivity contribution >= 4 is 53.7 Å². The molecule has 1 aromatic heterocycles. The van der Waals surface area contributed by atoms with Gasteiger partial charge in [0.05, 0.1) is 17.0 Å². The van der Waals surface area contributed by atoms with Crippen LogP contribution in [0.5, 0.6) is 0 Å². The van der Waals surface area contributed by atoms with Crippen molar-refractivity contribution in [1.82, 2.24) is 4.98 Å². The van der Waals surface area contributed by atoms with E-state index in [-0.39, 0.29) is 39.6 Å². The molecule has 38 heavy (non-hydrogen) atoms. The van der Waals surface area contributed by atoms with Gasteiger partial charge < -0.3 is 10.6 Å². The van der Waals surface area contributed by atoms with Crippen LogP contribution in [-0.2, 0) is 20.0 Å². The topological polar surface area (TPSA) is 174 Å². The second-order valence-corrected chi connectivity index (χ2v) is 11.8. The molecule has 1 heterocycles. The third-order valence-corrected chi connectivity index (χ3v) is 7.87. The highest BCUT2D eigenvalue weighted by Crippen LogP contribution is 2.37. The van der Waals surface area contributed by atoms with Crippen LogP contribution in [0.1, 0.15) is 30.9 Å². The van der Waals surface area contributed by atoms with Gasteiger partial charge in [-0.1, -0.05) is 44.2 Å². The second-order valence-electron chi connectivity index (χ2n) is 8.31. The normalized spacial score (nSPS) is 11.9. The minimum atomic E-state index is -4.47. The molecule has 0 spiro atoms. The molecule has 3 rings (SSSR count). The Kier molecular flexibility index (Phi) is 9.16. The lowest BCUT2D eigenvalue weighted by atomic mass is 10.1. The van der Waals surface area contributed by atoms with Crippen molar-refractivity contribution in [1.29, 1.82) is 5.26 Å². The van der Waals surface area contributed by atoms with Crippen LogP contribution in [0, 0.1) is 18.3 Å². The van der Waals surface area contributed by atoms with Gasteiger partial charge in [0.25, 0.3) is 10.1 Å². The Bertz CT molecular complexity index is 1640. The Hall–Kier alpha value is -3.86. The van der Waals surface area contributed by atoms with E-state index in [1.54, 1.807) is 31.2 Å². The fourth-order valence-corrected chi connectivity index (χ4v) is 4.90. The van der Waals surface area contributed by atoms with E-state index in [1.165, 1.54) is 12.1 Å². The molecule has 2 aromatic carbocycles. The number of rotatable bonds is 12. The van der Waals surface area contributed by atoms with E-state index < -0.39 is 20.0 Å². The first-order valence-corrected chi connectivity index (χ1v) is 14.9. The maximum Gasteiger partial charge on any atom is 0.295 e. The standard InChI is InChI=1S/C25H28N6O5S2/c1-4-6-13-27-24-20(16-26)17(3)23(25(29-24)28-14-15-37(32,33)5-2)31-30-21-11-12-22(38(34,35)36)19-10-8-7-9-18(19)21/h5,7-12H,2,4,6,13-15H2,1,3H3,(H2,27,28,29)(H,34,35,36)/b31-30+. The molecule has 0 unspecified atom stereocenters. The molecular formula is C25H28N6O5S2. The van der Waals surface area contributed by atoms with E-state index in [1.807, 2.05) is 6.92 Å². The van der Waals surface area contributed by atoms with Crippen molar-refractivity contribution in [2.24, 2.45) is 10.2 Å². The molecule has 0 aliphatic rings. The van der Waals surface area contributed by atoms with E-state index >= 15 is 0 Å². The predicted molar refractivity (Wildman–Crippen MR) is 147 cm³/mol. The van der Waals surface area contributed by atoms with Crippen LogP contribution in [0.15, 0.2) is 63.5 Å². The monoisotopic (exact) mass is 556 g/mol. The summed E-state index contributed by atoms with van der Waals surface area (Å²) in [4.78, 5) is 4.25. The van der Waals surface area contributed by atoms with Crippen molar-refractivity contribution < 1.29 is 21.4 Å². The van der Waals surface area contributed by atoms with Crippen LogP contribution in [0.2, 0.25) is 0 Å². The maximum absolute atomic E-state index is 11.9. The smallest absolute Gasteiger partial charge is 0.295 e. The number of hydrogen-bond acceptors (Lipinski definition) is 10. The number of nitriles is 1. The Morgan fingerprint density at radius 2 is 1.74 bits per heavy atom. The third-order valence-electron chi connectivity index (χ3n) is 5.68. The minimum Gasteiger partial charge on any atom is -0.369 e. The van der Waals surface area contributed by atoms with Crippen LogP contribution >= 0.6 is 0 Å². The average Bonchev–Trinajstić information content (AvgIpc) is 2.87. The predicted octanol–water partition coefficient (Wildman–Crippen LogP) is 5.26. The summed E-state index contributed by atoms with van der Waals surface area (Å²) in [5, 5.41) is 26.2. The zero-order valence-corrected chi connectivity index (χ0v) is 22.6. The Morgan fingerprint density at radius 3 is 2.37 bits per heavy atom. The quantitative estimate of drug-likeness (QED) is 0.153. The molecule has 200 valence electrons. The van der Waals surface area contributed by atoms with Crippen molar-refractivity contribution in [2.45, 2.75) is 31.6 Å². The lowest BCUT2D eigenvalue weighted by Gasteiger charge is -2.15. The zero-order chi connectivity index (χ0) is 27.9. The number of fused-ring (bicyclic) bond motifs is 1. The van der Waals surface area contributed by atoms with Gasteiger partial charge in [0, 0.05) is 34.8 Å². The van der Waals surface area contributed by atoms with Gasteiger partial charge in [-0.05, 0) is 25.5 Å². The summed E-state index contributed by atoms with van der Waals surface area (Å²) in [6, 6.07) is 11.3. The summed E-state index contributed by atoms with van der Waals surface area (Å²) >= 11 is 0. The van der Waals surface area contributed by atoms with Crippen LogP contribution in [0.3, 0.4) is 0 Å². The lowest BCUT2D eigenvalue weighted by molar-refractivity contribution is 0.484. The van der Waals surface area contributed by atoms with Gasteiger partial charge in [0.15, 0.2) is 15.7 Å². The highest BCUT2D eigenvalue weighted by molar-refractivity contribution is 7.94. The van der Waals surface area contributed by atoms with Crippen LogP contribution in [-0.4, -0.2) is 45.2 Å². The van der Waals surface area contributed by atoms with E-state index in [0.717, 1.165) is 18.2 Å². The first-order chi connectivity index (χ1) is 18.0. The largest absolute Gasteiger partial charge is 0.369 e. The summed E-state index contributed by atoms with van der Waals surface area (Å²) in [6.07, 6.45) is 1.80. The molecule has 0 bridgehead atoms. The molecule has 0 amide bonds. The molecule has 0 fully saturated rings. The number of anilines is 2. The minimum absolute atomic E-state index is 0.00952. The molecule has 3 aromatic rings. The summed E-state index contributed by atoms with van der Waals surface area (Å²) in [6.45, 7) is 7.64. The maximum atomic E-state index is 11.9. The van der Waals surface area contributed by atoms with E-state index in [4.69, 9.17) is 0 Å². The van der Waals surface area contributed by atoms with Crippen LogP contribution < -0.4 is 10.6 Å². The van der Waals surface area contributed by atoms with Crippen molar-refractivity contribution in [2.75, 3.05) is 29.5 Å². The number of benzene rings is 2. The molecule has 0 saturated carbocycles. The van der Waals surface area contributed by atoms with E-state index in [9.17, 15) is 26.7 Å². The Balaban J connectivity index is 2.12. The third kappa shape index (κ3) is 6.71. The number of hydrogen-bond donors (Lipinski definition) is 3. The van der Waals surface area contributed by atoms with E-state index in [2.05, 4.69) is 38.5 Å². The number of pyridine rings is 1. The molecule has 13 heteroatoms. The molecule has 0 aliphatic carbocycles. The van der Waals surface area contributed by atoms with Crippen LogP contribution in [0.25, 0.3) is 10.8 Å². The molecule has 11 nitrogen and oxygen atoms in total. The van der Waals surface area contributed by atoms with Gasteiger partial charge >= 0.3 is 0 Å². The molecule has 0 aliphatic heterocycles. The first kappa shape index (κ1) is 28.7. The first-order valence-electron chi connectivity index (χ1n) is 11.7. The van der Waals surface area contributed by atoms with Gasteiger partial charge in [-0.25, -0.2) is 13.4 Å². The van der Waals surface area contributed by atoms with Gasteiger partial charge in [0.2, 0.25) is 0 Å². The summed E-state index contributed by atoms with van der Waals surface area (Å²) < 4.78 is 57.0. The Labute approximate surface area is 222 Å². The number of sulfone groups is 1. The molecule has 3 N–H and O–H groups in total. The molecule has 0 radical (unpaired) electrons. The summed E-state index contributed by atoms with van der Waals surface area (Å²) in [5.74, 6) is 0.338. The number of nitrogens with zero attached hydrogens (tertiary/aromatic N) is 4. The number of azo groups is 1. The SMILES string of the molecule is C=CS(=O)(=O)CCNc1nc(NCCCC)c(C#N)c(C)c1/N=N/c1ccc(S(=O)(=O)O)c2ccccc12. The zero-order valence-electron chi connectivity index (χ0n) is 21.0. The van der Waals surface area contributed by atoms with Crippen molar-refractivity contribution in [3.63, 3.8) is 0 Å². The van der Waals surface area contributed by atoms with Crippen LogP contribution in [0.4, 0.5) is 23.0 Å². The van der Waals surface area contributed by atoms with E-state index in [0.29, 0.717) is 29.0 Å². The van der Waals surface area contributed by atoms with Crippen molar-refractivity contribution in [3.8, 4) is 6.07 Å². The number of nitrogens with one attached hydrogen (secondary N) is 2. The highest BCUT2D eigenvalue weighted by atomic mass is 32.2. The second kappa shape index (κ2) is 12.1. The van der Waals surface area contributed by atoms with Crippen molar-refractivity contribution in [3.05, 3.63) is 59.5 Å². The van der Waals surface area contributed by atoms with Gasteiger partial charge in [0.1, 0.15) is 22.5 Å². The van der Waals surface area contributed by atoms with Gasteiger partial charge in [-0.2, -0.15) is 13.7 Å². The number of aromatic nitrogens is 1. The summed E-state index contributed by atoms with van der Waals surface area (Å²) in [5.41, 5.74) is 1.28. The molecule has 0 atom stereocenters. The number of unbranched alkanes of at least 4 members (excludes halogenated alkanes) is 1. The fourth-order valence-electron chi connectivity index (χ4n) is 3.65. The highest BCUT2D eigenvalue weighted by Gasteiger charge is 2.19. The van der Waals surface area contributed by atoms with Gasteiger partial charge in [-0.3, -0.25) is 4.55 Å². The average molecular weight is 557 g/mol. The molecule has 0 saturated heterocycles.